The van der Waals surface area contributed by atoms with E-state index in [-0.39, 0.29) is 6.04 Å². The summed E-state index contributed by atoms with van der Waals surface area (Å²) in [4.78, 5) is 0. The zero-order chi connectivity index (χ0) is 24.4. The largest absolute Gasteiger partial charge is 0.493 e. The lowest BCUT2D eigenvalue weighted by atomic mass is 9.75. The van der Waals surface area contributed by atoms with E-state index >= 15 is 0 Å². The van der Waals surface area contributed by atoms with E-state index in [2.05, 4.69) is 6.07 Å². The van der Waals surface area contributed by atoms with Crippen molar-refractivity contribution in [3.05, 3.63) is 41.5 Å². The highest BCUT2D eigenvalue weighted by molar-refractivity contribution is 5.56. The second-order valence-electron chi connectivity index (χ2n) is 8.01. The number of nitrogens with zero attached hydrogens (tertiary/aromatic N) is 1. The normalized spacial score (nSPS) is 13.4. The Bertz CT molecular complexity index is 931. The Morgan fingerprint density at radius 3 is 1.97 bits per heavy atom. The molecule has 7 nitrogen and oxygen atoms in total. The van der Waals surface area contributed by atoms with Crippen molar-refractivity contribution < 1.29 is 23.7 Å². The predicted octanol–water partition coefficient (Wildman–Crippen LogP) is 4.64. The van der Waals surface area contributed by atoms with Crippen LogP contribution in [0.15, 0.2) is 30.3 Å². The minimum atomic E-state index is -0.671. The van der Waals surface area contributed by atoms with Gasteiger partial charge in [-0.05, 0) is 67.5 Å². The summed E-state index contributed by atoms with van der Waals surface area (Å²) in [6.07, 6.45) is 3.66. The van der Waals surface area contributed by atoms with Crippen molar-refractivity contribution >= 4 is 0 Å². The molecular formula is C26H36N2O5. The molecule has 2 N–H and O–H groups in total. The Balaban J connectivity index is 2.13. The van der Waals surface area contributed by atoms with E-state index < -0.39 is 5.41 Å². The molecule has 0 aliphatic heterocycles. The highest BCUT2D eigenvalue weighted by atomic mass is 16.5. The smallest absolute Gasteiger partial charge is 0.203 e. The maximum absolute atomic E-state index is 10.2. The zero-order valence-electron chi connectivity index (χ0n) is 20.6. The van der Waals surface area contributed by atoms with Crippen LogP contribution < -0.4 is 29.4 Å². The molecule has 33 heavy (non-hydrogen) atoms. The molecule has 0 radical (unpaired) electrons. The minimum Gasteiger partial charge on any atom is -0.493 e. The zero-order valence-corrected chi connectivity index (χ0v) is 20.6. The number of nitrogens with two attached hydrogens (primary N) is 1. The van der Waals surface area contributed by atoms with Crippen LogP contribution in [0.25, 0.3) is 0 Å². The standard InChI is InChI=1S/C26H36N2O5/c1-7-26(17-27,19-15-23(31-4)25(33-6)24(16-19)32-5)12-8-9-20(28)13-18-10-11-21(29-2)22(14-18)30-3/h10-11,14-16,20H,7-9,12-13,28H2,1-6H3. The first kappa shape index (κ1) is 26.1. The van der Waals surface area contributed by atoms with Crippen LogP contribution in [-0.2, 0) is 11.8 Å². The van der Waals surface area contributed by atoms with Gasteiger partial charge in [-0.3, -0.25) is 0 Å². The second kappa shape index (κ2) is 12.2. The molecule has 7 heteroatoms. The fourth-order valence-electron chi connectivity index (χ4n) is 4.16. The van der Waals surface area contributed by atoms with Crippen LogP contribution in [0.4, 0.5) is 0 Å². The molecule has 0 aliphatic carbocycles. The minimum absolute atomic E-state index is 0.0312. The van der Waals surface area contributed by atoms with E-state index in [4.69, 9.17) is 29.4 Å². The third kappa shape index (κ3) is 6.02. The molecule has 2 aromatic carbocycles. The summed E-state index contributed by atoms with van der Waals surface area (Å²) in [6.45, 7) is 2.02. The fraction of sp³-hybridized carbons (Fsp3) is 0.500. The van der Waals surface area contributed by atoms with Gasteiger partial charge in [0.25, 0.3) is 0 Å². The van der Waals surface area contributed by atoms with Gasteiger partial charge in [0.1, 0.15) is 0 Å². The predicted molar refractivity (Wildman–Crippen MR) is 129 cm³/mol. The van der Waals surface area contributed by atoms with Crippen molar-refractivity contribution in [2.75, 3.05) is 35.5 Å². The SMILES string of the molecule is CCC(C#N)(CCCC(N)Cc1ccc(OC)c(OC)c1)c1cc(OC)c(OC)c(OC)c1. The van der Waals surface area contributed by atoms with Crippen molar-refractivity contribution in [1.29, 1.82) is 5.26 Å². The summed E-state index contributed by atoms with van der Waals surface area (Å²) in [6, 6.07) is 12.1. The molecule has 0 heterocycles. The Hall–Kier alpha value is -3.11. The van der Waals surface area contributed by atoms with Gasteiger partial charge in [-0.25, -0.2) is 0 Å². The molecule has 180 valence electrons. The Morgan fingerprint density at radius 1 is 0.879 bits per heavy atom. The number of hydrogen-bond donors (Lipinski definition) is 1. The van der Waals surface area contributed by atoms with E-state index in [0.29, 0.717) is 41.6 Å². The van der Waals surface area contributed by atoms with Crippen LogP contribution >= 0.6 is 0 Å². The third-order valence-electron chi connectivity index (χ3n) is 6.16. The van der Waals surface area contributed by atoms with Gasteiger partial charge in [0.2, 0.25) is 5.75 Å². The lowest BCUT2D eigenvalue weighted by Crippen LogP contribution is -2.27. The molecule has 2 atom stereocenters. The molecule has 0 saturated carbocycles. The van der Waals surface area contributed by atoms with E-state index in [0.717, 1.165) is 30.4 Å². The first-order chi connectivity index (χ1) is 15.9. The van der Waals surface area contributed by atoms with Crippen LogP contribution in [0.2, 0.25) is 0 Å². The van der Waals surface area contributed by atoms with Gasteiger partial charge in [-0.1, -0.05) is 13.0 Å². The van der Waals surface area contributed by atoms with Crippen LogP contribution in [0.5, 0.6) is 28.7 Å². The number of hydrogen-bond acceptors (Lipinski definition) is 7. The summed E-state index contributed by atoms with van der Waals surface area (Å²) >= 11 is 0. The van der Waals surface area contributed by atoms with Crippen LogP contribution in [0, 0.1) is 11.3 Å². The van der Waals surface area contributed by atoms with E-state index in [1.807, 2.05) is 37.3 Å². The van der Waals surface area contributed by atoms with Crippen LogP contribution in [0.3, 0.4) is 0 Å². The Kier molecular flexibility index (Phi) is 9.68. The summed E-state index contributed by atoms with van der Waals surface area (Å²) in [5, 5.41) is 10.2. The van der Waals surface area contributed by atoms with Crippen LogP contribution in [0.1, 0.15) is 43.7 Å². The molecule has 2 unspecified atom stereocenters. The quantitative estimate of drug-likeness (QED) is 0.469. The van der Waals surface area contributed by atoms with Crippen molar-refractivity contribution in [1.82, 2.24) is 0 Å². The maximum Gasteiger partial charge on any atom is 0.203 e. The summed E-state index contributed by atoms with van der Waals surface area (Å²) in [7, 11) is 7.96. The lowest BCUT2D eigenvalue weighted by Gasteiger charge is -2.28. The molecule has 0 bridgehead atoms. The molecule has 2 aromatic rings. The first-order valence-corrected chi connectivity index (χ1v) is 11.1. The molecule has 2 rings (SSSR count). The van der Waals surface area contributed by atoms with Gasteiger partial charge in [0.15, 0.2) is 23.0 Å². The lowest BCUT2D eigenvalue weighted by molar-refractivity contribution is 0.321. The van der Waals surface area contributed by atoms with Gasteiger partial charge >= 0.3 is 0 Å². The number of benzene rings is 2. The Morgan fingerprint density at radius 2 is 1.48 bits per heavy atom. The number of ether oxygens (including phenoxy) is 5. The fourth-order valence-corrected chi connectivity index (χ4v) is 4.16. The van der Waals surface area contributed by atoms with Gasteiger partial charge in [-0.15, -0.1) is 0 Å². The molecule has 0 saturated heterocycles. The van der Waals surface area contributed by atoms with Gasteiger partial charge < -0.3 is 29.4 Å². The van der Waals surface area contributed by atoms with Crippen LogP contribution in [-0.4, -0.2) is 41.6 Å². The van der Waals surface area contributed by atoms with Gasteiger partial charge in [0.05, 0.1) is 47.0 Å². The van der Waals surface area contributed by atoms with E-state index in [1.165, 1.54) is 0 Å². The second-order valence-corrected chi connectivity index (χ2v) is 8.01. The first-order valence-electron chi connectivity index (χ1n) is 11.1. The molecule has 0 aromatic heterocycles. The average molecular weight is 457 g/mol. The highest BCUT2D eigenvalue weighted by Gasteiger charge is 2.32. The van der Waals surface area contributed by atoms with Crippen molar-refractivity contribution in [3.8, 4) is 34.8 Å². The van der Waals surface area contributed by atoms with E-state index in [1.54, 1.807) is 35.5 Å². The van der Waals surface area contributed by atoms with E-state index in [9.17, 15) is 5.26 Å². The monoisotopic (exact) mass is 456 g/mol. The average Bonchev–Trinajstić information content (AvgIpc) is 2.85. The molecular weight excluding hydrogens is 420 g/mol. The van der Waals surface area contributed by atoms with Gasteiger partial charge in [-0.2, -0.15) is 5.26 Å². The third-order valence-corrected chi connectivity index (χ3v) is 6.16. The van der Waals surface area contributed by atoms with Crippen molar-refractivity contribution in [3.63, 3.8) is 0 Å². The number of rotatable bonds is 13. The highest BCUT2D eigenvalue weighted by Crippen LogP contribution is 2.44. The molecule has 0 amide bonds. The van der Waals surface area contributed by atoms with Gasteiger partial charge in [0, 0.05) is 6.04 Å². The number of methoxy groups -OCH3 is 5. The number of nitriles is 1. The molecule has 0 fully saturated rings. The topological polar surface area (TPSA) is 96.0 Å². The summed E-state index contributed by atoms with van der Waals surface area (Å²) < 4.78 is 27.1. The molecule has 0 aliphatic rings. The Labute approximate surface area is 197 Å². The summed E-state index contributed by atoms with van der Waals surface area (Å²) in [5.41, 5.74) is 7.71. The summed E-state index contributed by atoms with van der Waals surface area (Å²) in [5.74, 6) is 3.00. The maximum atomic E-state index is 10.2. The van der Waals surface area contributed by atoms with Crippen molar-refractivity contribution in [2.45, 2.75) is 50.5 Å². The van der Waals surface area contributed by atoms with Crippen molar-refractivity contribution in [2.24, 2.45) is 5.73 Å². The molecule has 0 spiro atoms.